The highest BCUT2D eigenvalue weighted by Crippen LogP contribution is 2.38. The average Bonchev–Trinajstić information content (AvgIpc) is 1.62. The van der Waals surface area contributed by atoms with Crippen molar-refractivity contribution in [2.75, 3.05) is 0 Å². The van der Waals surface area contributed by atoms with Gasteiger partial charge in [0.15, 0.2) is 0 Å². The summed E-state index contributed by atoms with van der Waals surface area (Å²) in [5, 5.41) is 0. The summed E-state index contributed by atoms with van der Waals surface area (Å²) < 4.78 is 1.45. The van der Waals surface area contributed by atoms with Crippen LogP contribution in [0.15, 0.2) is 60.2 Å². The first kappa shape index (κ1) is 82.4. The summed E-state index contributed by atoms with van der Waals surface area (Å²) in [7, 11) is 0. The van der Waals surface area contributed by atoms with Gasteiger partial charge in [-0.15, -0.1) is 23.7 Å². The van der Waals surface area contributed by atoms with Crippen LogP contribution >= 0.6 is 0 Å². The van der Waals surface area contributed by atoms with Crippen LogP contribution in [-0.4, -0.2) is 4.70 Å². The van der Waals surface area contributed by atoms with Gasteiger partial charge in [0.1, 0.15) is 5.57 Å². The molecule has 0 spiro atoms. The predicted molar refractivity (Wildman–Crippen MR) is 410 cm³/mol. The minimum atomic E-state index is 0.806. The van der Waals surface area contributed by atoms with Crippen molar-refractivity contribution in [1.82, 2.24) is 0 Å². The van der Waals surface area contributed by atoms with Crippen LogP contribution in [0.5, 0.6) is 0 Å². The Morgan fingerprint density at radius 2 is 0.489 bits per heavy atom. The molecule has 3 rings (SSSR count). The minimum Gasteiger partial charge on any atom is -0.493 e. The van der Waals surface area contributed by atoms with Crippen molar-refractivity contribution in [1.29, 1.82) is 0 Å². The maximum Gasteiger partial charge on any atom is 0.223 e. The summed E-state index contributed by atoms with van der Waals surface area (Å²) in [4.78, 5) is 0. The quantitative estimate of drug-likeness (QED) is 0.0358. The van der Waals surface area contributed by atoms with E-state index in [4.69, 9.17) is 0 Å². The van der Waals surface area contributed by atoms with Crippen LogP contribution in [0.4, 0.5) is 0 Å². The summed E-state index contributed by atoms with van der Waals surface area (Å²) in [6, 6.07) is 17.3. The highest BCUT2D eigenvalue weighted by Gasteiger charge is 2.31. The molecule has 0 saturated carbocycles. The van der Waals surface area contributed by atoms with Gasteiger partial charge in [-0.2, -0.15) is 0 Å². The zero-order valence-corrected chi connectivity index (χ0v) is 61.6. The molecule has 2 heteroatoms. The van der Waals surface area contributed by atoms with E-state index in [0.29, 0.717) is 0 Å². The second-order valence-corrected chi connectivity index (χ2v) is 28.6. The normalized spacial score (nSPS) is 12.1. The Hall–Kier alpha value is -3.80. The van der Waals surface area contributed by atoms with Gasteiger partial charge in [-0.25, -0.2) is 4.70 Å². The van der Waals surface area contributed by atoms with Crippen LogP contribution in [0, 0.1) is 35.5 Å². The number of allylic oxidation sites excluding steroid dienone is 2. The van der Waals surface area contributed by atoms with Crippen LogP contribution < -0.4 is 0 Å². The van der Waals surface area contributed by atoms with E-state index >= 15 is 0 Å². The Labute approximate surface area is 574 Å². The molecule has 2 aromatic rings. The molecule has 0 unspecified atom stereocenters. The molecule has 2 nitrogen and oxygen atoms in total. The maximum atomic E-state index is 12.3. The van der Waals surface area contributed by atoms with E-state index < -0.39 is 0 Å². The molecule has 0 saturated heterocycles. The van der Waals surface area contributed by atoms with E-state index in [1.54, 1.807) is 0 Å². The van der Waals surface area contributed by atoms with Crippen molar-refractivity contribution in [2.45, 2.75) is 438 Å². The predicted octanol–water partition coefficient (Wildman–Crippen LogP) is 30.2. The third-order valence-corrected chi connectivity index (χ3v) is 20.0. The molecular weight excluding hydrogens is 1110 g/mol. The minimum absolute atomic E-state index is 0.806. The Kier molecular flexibility index (Phi) is 57.8. The zero-order valence-electron chi connectivity index (χ0n) is 61.6. The van der Waals surface area contributed by atoms with E-state index in [1.165, 1.54) is 382 Å². The van der Waals surface area contributed by atoms with Crippen molar-refractivity contribution >= 4 is 11.4 Å². The summed E-state index contributed by atoms with van der Waals surface area (Å²) >= 11 is 0. The smallest absolute Gasteiger partial charge is 0.223 e. The highest BCUT2D eigenvalue weighted by molar-refractivity contribution is 5.83. The first-order valence-electron chi connectivity index (χ1n) is 41.2. The van der Waals surface area contributed by atoms with Crippen LogP contribution in [0.3, 0.4) is 0 Å². The molecule has 0 N–H and O–H groups in total. The summed E-state index contributed by atoms with van der Waals surface area (Å²) in [6.45, 7) is 6.92. The van der Waals surface area contributed by atoms with Gasteiger partial charge in [0, 0.05) is 43.7 Å². The molecule has 0 atom stereocenters. The lowest BCUT2D eigenvalue weighted by atomic mass is 9.98. The van der Waals surface area contributed by atoms with E-state index in [1.807, 2.05) is 0 Å². The van der Waals surface area contributed by atoms with Crippen LogP contribution in [0.25, 0.3) is 16.9 Å². The Morgan fingerprint density at radius 1 is 0.261 bits per heavy atom. The van der Waals surface area contributed by atoms with Gasteiger partial charge in [0.2, 0.25) is 11.4 Å². The fourth-order valence-corrected chi connectivity index (χ4v) is 14.0. The van der Waals surface area contributed by atoms with Crippen LogP contribution in [0.2, 0.25) is 0 Å². The van der Waals surface area contributed by atoms with Gasteiger partial charge >= 0.3 is 0 Å². The maximum absolute atomic E-state index is 12.3. The largest absolute Gasteiger partial charge is 0.493 e. The van der Waals surface area contributed by atoms with Gasteiger partial charge < -0.3 is 5.53 Å². The summed E-state index contributed by atoms with van der Waals surface area (Å²) in [5.74, 6) is 21.3. The molecular formula is C90H148N2. The Morgan fingerprint density at radius 3 is 0.783 bits per heavy atom. The number of rotatable bonds is 64. The molecule has 518 valence electrons. The number of nitrogens with zero attached hydrogens (tertiary/aromatic N) is 2. The molecule has 0 aliphatic carbocycles. The third-order valence-electron chi connectivity index (χ3n) is 20.0. The number of aryl methyl sites for hydroxylation is 2. The van der Waals surface area contributed by atoms with Crippen molar-refractivity contribution in [2.24, 2.45) is 0 Å². The lowest BCUT2D eigenvalue weighted by Crippen LogP contribution is -2.06. The monoisotopic (exact) mass is 1260 g/mol. The van der Waals surface area contributed by atoms with Crippen molar-refractivity contribution < 1.29 is 4.70 Å². The van der Waals surface area contributed by atoms with E-state index in [0.717, 1.165) is 79.5 Å². The van der Waals surface area contributed by atoms with Gasteiger partial charge in [0.25, 0.3) is 0 Å². The van der Waals surface area contributed by atoms with Crippen molar-refractivity contribution in [3.8, 4) is 35.5 Å². The lowest BCUT2D eigenvalue weighted by Gasteiger charge is -2.13. The number of benzene rings is 2. The zero-order chi connectivity index (χ0) is 65.2. The molecule has 1 heterocycles. The molecule has 0 amide bonds. The van der Waals surface area contributed by atoms with Crippen molar-refractivity contribution in [3.63, 3.8) is 0 Å². The fourth-order valence-electron chi connectivity index (χ4n) is 14.0. The fraction of sp³-hybridized carbons (Fsp3) is 0.756. The standard InChI is InChI=1S/C90H148N2/c1-4-7-10-13-16-19-22-25-28-30-32-34-36-38-40-42-44-46-48-50-52-55-57-60-63-66-69-76-84-78-72-74-81-87(84)89-83-86(80-71-68-65-62-59-54-27-24-21-18-15-12-9-6-3)90(92(89)91)88-82-75-73-79-85(88)77-70-67-64-61-58-56-53-51-49-47-45-43-41-39-37-35-33-31-29-26-23-20-17-14-11-8-5-2/h72-75,78-79,81-83H,4-62,65,68-70,76-77H2,1-3H3. The van der Waals surface area contributed by atoms with Gasteiger partial charge in [-0.05, 0) is 55.4 Å². The van der Waals surface area contributed by atoms with Gasteiger partial charge in [-0.3, -0.25) is 0 Å². The SMILES string of the molecule is CCCCCCCCCCCCCCC#CC1=C(c2ccccc2CCC#CCCCCCCCCCCCCCCCCCCCCCCCCC)[N+](=[N-])C(c2ccccc2CCC#CCCCCCCCCCCCCCCCCCCCCCCCCC)=C1. The summed E-state index contributed by atoms with van der Waals surface area (Å²) in [6.07, 6.45) is 89.8. The summed E-state index contributed by atoms with van der Waals surface area (Å²) in [5.41, 5.74) is 19.4. The Balaban J connectivity index is 1.37. The Bertz CT molecular complexity index is 2270. The average molecular weight is 1260 g/mol. The van der Waals surface area contributed by atoms with Crippen molar-refractivity contribution in [3.05, 3.63) is 88.0 Å². The molecule has 0 fully saturated rings. The second kappa shape index (κ2) is 64.5. The first-order valence-corrected chi connectivity index (χ1v) is 41.2. The molecule has 1 aliphatic rings. The molecule has 0 aromatic heterocycles. The molecule has 1 aliphatic heterocycles. The number of unbranched alkanes of at least 4 members (excludes halogenated alkanes) is 58. The molecule has 0 bridgehead atoms. The van der Waals surface area contributed by atoms with Gasteiger partial charge in [-0.1, -0.05) is 422 Å². The van der Waals surface area contributed by atoms with Gasteiger partial charge in [0.05, 0.1) is 5.56 Å². The second-order valence-electron chi connectivity index (χ2n) is 28.6. The molecule has 2 aromatic carbocycles. The van der Waals surface area contributed by atoms with E-state index in [-0.39, 0.29) is 0 Å². The first-order chi connectivity index (χ1) is 45.7. The topological polar surface area (TPSA) is 25.3 Å². The lowest BCUT2D eigenvalue weighted by molar-refractivity contribution is -0.344. The highest BCUT2D eigenvalue weighted by atomic mass is 15.2. The van der Waals surface area contributed by atoms with Crippen LogP contribution in [0.1, 0.15) is 448 Å². The number of hydrogen-bond donors (Lipinski definition) is 0. The van der Waals surface area contributed by atoms with E-state index in [2.05, 4.69) is 111 Å². The third kappa shape index (κ3) is 46.3. The molecule has 92 heavy (non-hydrogen) atoms. The van der Waals surface area contributed by atoms with Crippen LogP contribution in [-0.2, 0) is 12.8 Å². The van der Waals surface area contributed by atoms with E-state index in [9.17, 15) is 5.53 Å². The molecule has 0 radical (unpaired) electrons. The number of hydrogen-bond acceptors (Lipinski definition) is 0.